The van der Waals surface area contributed by atoms with E-state index in [1.807, 2.05) is 0 Å². The zero-order chi connectivity index (χ0) is 22.0. The number of imidazole rings is 1. The molecule has 0 spiro atoms. The van der Waals surface area contributed by atoms with Gasteiger partial charge in [0.15, 0.2) is 5.69 Å². The SMILES string of the molecule is N=C/C(=C\N)c1cc(F)cc(CNC(=O)c2nccc3nc(C4CCC(F)C4)[nH]c23)c1. The monoisotopic (exact) mass is 424 g/mol. The van der Waals surface area contributed by atoms with E-state index in [0.717, 1.165) is 6.21 Å². The molecule has 0 bridgehead atoms. The molecule has 0 aliphatic heterocycles. The Labute approximate surface area is 177 Å². The van der Waals surface area contributed by atoms with Gasteiger partial charge in [0.25, 0.3) is 5.91 Å². The molecule has 1 aromatic carbocycles. The molecule has 0 saturated heterocycles. The van der Waals surface area contributed by atoms with Crippen LogP contribution in [0.15, 0.2) is 36.7 Å². The van der Waals surface area contributed by atoms with E-state index in [2.05, 4.69) is 20.3 Å². The van der Waals surface area contributed by atoms with Gasteiger partial charge in [0.05, 0.1) is 11.0 Å². The minimum atomic E-state index is -0.822. The van der Waals surface area contributed by atoms with Crippen molar-refractivity contribution in [3.05, 3.63) is 65.1 Å². The lowest BCUT2D eigenvalue weighted by Crippen LogP contribution is -2.24. The van der Waals surface area contributed by atoms with E-state index >= 15 is 0 Å². The van der Waals surface area contributed by atoms with Gasteiger partial charge >= 0.3 is 0 Å². The fraction of sp³-hybridized carbons (Fsp3) is 0.273. The zero-order valence-electron chi connectivity index (χ0n) is 16.7. The van der Waals surface area contributed by atoms with Crippen molar-refractivity contribution in [1.82, 2.24) is 20.3 Å². The minimum Gasteiger partial charge on any atom is -0.404 e. The topological polar surface area (TPSA) is 121 Å². The summed E-state index contributed by atoms with van der Waals surface area (Å²) in [4.78, 5) is 24.6. The second-order valence-corrected chi connectivity index (χ2v) is 7.58. The first-order valence-corrected chi connectivity index (χ1v) is 9.97. The molecule has 2 atom stereocenters. The van der Waals surface area contributed by atoms with Gasteiger partial charge in [-0.3, -0.25) is 4.79 Å². The van der Waals surface area contributed by atoms with Crippen LogP contribution in [0.4, 0.5) is 8.78 Å². The van der Waals surface area contributed by atoms with E-state index in [0.29, 0.717) is 52.8 Å². The molecule has 9 heteroatoms. The van der Waals surface area contributed by atoms with Crippen LogP contribution < -0.4 is 11.1 Å². The van der Waals surface area contributed by atoms with E-state index in [9.17, 15) is 13.6 Å². The number of benzene rings is 1. The zero-order valence-corrected chi connectivity index (χ0v) is 16.7. The van der Waals surface area contributed by atoms with E-state index in [4.69, 9.17) is 11.1 Å². The second-order valence-electron chi connectivity index (χ2n) is 7.58. The number of aromatic nitrogens is 3. The van der Waals surface area contributed by atoms with Crippen LogP contribution in [0.2, 0.25) is 0 Å². The average Bonchev–Trinajstić information content (AvgIpc) is 3.38. The van der Waals surface area contributed by atoms with Crippen molar-refractivity contribution >= 4 is 28.7 Å². The van der Waals surface area contributed by atoms with Crippen LogP contribution in [0.5, 0.6) is 0 Å². The van der Waals surface area contributed by atoms with Crippen LogP contribution in [-0.2, 0) is 6.54 Å². The predicted molar refractivity (Wildman–Crippen MR) is 114 cm³/mol. The number of fused-ring (bicyclic) bond motifs is 1. The quantitative estimate of drug-likeness (QED) is 0.452. The third kappa shape index (κ3) is 4.30. The molecule has 1 fully saturated rings. The summed E-state index contributed by atoms with van der Waals surface area (Å²) < 4.78 is 27.6. The smallest absolute Gasteiger partial charge is 0.272 e. The number of pyridine rings is 1. The standard InChI is InChI=1S/C22H22F2N6O/c23-16-2-1-13(7-16)21-29-18-3-4-27-20(19(18)30-21)22(31)28-11-12-5-14(8-17(24)6-12)15(9-25)10-26/h3-6,8-10,13,16,25H,1-2,7,11,26H2,(H,28,31)(H,29,30)/b15-10+,25-9?. The lowest BCUT2D eigenvalue weighted by atomic mass is 10.0. The lowest BCUT2D eigenvalue weighted by molar-refractivity contribution is 0.0947. The van der Waals surface area contributed by atoms with Gasteiger partial charge in [-0.2, -0.15) is 0 Å². The highest BCUT2D eigenvalue weighted by Crippen LogP contribution is 2.35. The molecule has 31 heavy (non-hydrogen) atoms. The summed E-state index contributed by atoms with van der Waals surface area (Å²) in [6.45, 7) is 0.0602. The molecule has 2 heterocycles. The Morgan fingerprint density at radius 1 is 1.35 bits per heavy atom. The maximum absolute atomic E-state index is 14.0. The van der Waals surface area contributed by atoms with Gasteiger partial charge in [-0.1, -0.05) is 0 Å². The highest BCUT2D eigenvalue weighted by molar-refractivity contribution is 6.08. The molecule has 1 saturated carbocycles. The van der Waals surface area contributed by atoms with Crippen molar-refractivity contribution in [1.29, 1.82) is 5.41 Å². The summed E-state index contributed by atoms with van der Waals surface area (Å²) in [5.74, 6) is -0.269. The molecule has 3 aromatic rings. The number of nitrogens with two attached hydrogens (primary N) is 1. The third-order valence-electron chi connectivity index (χ3n) is 5.47. The highest BCUT2D eigenvalue weighted by Gasteiger charge is 2.28. The number of aromatic amines is 1. The van der Waals surface area contributed by atoms with Crippen molar-refractivity contribution in [2.24, 2.45) is 5.73 Å². The largest absolute Gasteiger partial charge is 0.404 e. The van der Waals surface area contributed by atoms with Crippen molar-refractivity contribution < 1.29 is 13.6 Å². The van der Waals surface area contributed by atoms with Crippen LogP contribution >= 0.6 is 0 Å². The van der Waals surface area contributed by atoms with Gasteiger partial charge in [0.1, 0.15) is 17.8 Å². The Bertz CT molecular complexity index is 1170. The maximum atomic E-state index is 14.0. The molecular weight excluding hydrogens is 402 g/mol. The van der Waals surface area contributed by atoms with E-state index in [1.54, 1.807) is 12.1 Å². The fourth-order valence-corrected chi connectivity index (χ4v) is 3.91. The summed E-state index contributed by atoms with van der Waals surface area (Å²) in [7, 11) is 0. The number of carbonyl (C=O) groups excluding carboxylic acids is 1. The van der Waals surface area contributed by atoms with Crippen LogP contribution in [-0.4, -0.2) is 33.2 Å². The molecule has 2 unspecified atom stereocenters. The Balaban J connectivity index is 1.54. The van der Waals surface area contributed by atoms with Gasteiger partial charge in [-0.25, -0.2) is 18.7 Å². The van der Waals surface area contributed by atoms with Crippen LogP contribution in [0.3, 0.4) is 0 Å². The molecule has 1 aliphatic carbocycles. The van der Waals surface area contributed by atoms with Gasteiger partial charge in [-0.05, 0) is 54.7 Å². The molecule has 4 rings (SSSR count). The minimum absolute atomic E-state index is 0.00246. The number of amides is 1. The molecule has 7 nitrogen and oxygen atoms in total. The maximum Gasteiger partial charge on any atom is 0.272 e. The highest BCUT2D eigenvalue weighted by atomic mass is 19.1. The number of hydrogen-bond acceptors (Lipinski definition) is 5. The van der Waals surface area contributed by atoms with Crippen molar-refractivity contribution in [3.8, 4) is 0 Å². The molecule has 0 radical (unpaired) electrons. The second kappa shape index (κ2) is 8.63. The van der Waals surface area contributed by atoms with Crippen molar-refractivity contribution in [2.75, 3.05) is 0 Å². The van der Waals surface area contributed by atoms with Gasteiger partial charge in [-0.15, -0.1) is 0 Å². The van der Waals surface area contributed by atoms with Gasteiger partial charge in [0, 0.05) is 36.6 Å². The van der Waals surface area contributed by atoms with Gasteiger partial charge in [0.2, 0.25) is 0 Å². The molecule has 2 aromatic heterocycles. The lowest BCUT2D eigenvalue weighted by Gasteiger charge is -2.08. The average molecular weight is 424 g/mol. The summed E-state index contributed by atoms with van der Waals surface area (Å²) >= 11 is 0. The van der Waals surface area contributed by atoms with E-state index < -0.39 is 17.9 Å². The Morgan fingerprint density at radius 3 is 2.90 bits per heavy atom. The normalized spacial score (nSPS) is 19.0. The molecule has 1 aliphatic rings. The number of rotatable bonds is 6. The number of H-pyrrole nitrogens is 1. The Kier molecular flexibility index (Phi) is 5.75. The van der Waals surface area contributed by atoms with E-state index in [1.165, 1.54) is 24.5 Å². The fourth-order valence-electron chi connectivity index (χ4n) is 3.91. The van der Waals surface area contributed by atoms with Gasteiger partial charge < -0.3 is 21.4 Å². The summed E-state index contributed by atoms with van der Waals surface area (Å²) in [6, 6.07) is 5.93. The molecule has 160 valence electrons. The number of nitrogens with zero attached hydrogens (tertiary/aromatic N) is 2. The number of carbonyl (C=O) groups is 1. The number of alkyl halides is 1. The van der Waals surface area contributed by atoms with Crippen LogP contribution in [0.1, 0.15) is 52.6 Å². The molecular formula is C22H22F2N6O. The number of allylic oxidation sites excluding steroid dienone is 1. The van der Waals surface area contributed by atoms with Crippen LogP contribution in [0.25, 0.3) is 16.6 Å². The number of hydrogen-bond donors (Lipinski definition) is 4. The summed E-state index contributed by atoms with van der Waals surface area (Å²) in [6.07, 6.45) is 4.59. The number of halogens is 2. The third-order valence-corrected chi connectivity index (χ3v) is 5.47. The number of nitrogens with one attached hydrogen (secondary N) is 3. The van der Waals surface area contributed by atoms with E-state index in [-0.39, 0.29) is 18.2 Å². The molecule has 1 amide bonds. The van der Waals surface area contributed by atoms with Crippen LogP contribution in [0, 0.1) is 11.2 Å². The predicted octanol–water partition coefficient (Wildman–Crippen LogP) is 3.58. The summed E-state index contributed by atoms with van der Waals surface area (Å²) in [5.41, 5.74) is 8.06. The molecule has 5 N–H and O–H groups in total. The first-order chi connectivity index (χ1) is 15.0. The summed E-state index contributed by atoms with van der Waals surface area (Å²) in [5, 5.41) is 10.1. The first-order valence-electron chi connectivity index (χ1n) is 9.97. The van der Waals surface area contributed by atoms with Crippen molar-refractivity contribution in [2.45, 2.75) is 37.9 Å². The Morgan fingerprint density at radius 2 is 2.19 bits per heavy atom. The van der Waals surface area contributed by atoms with Crippen molar-refractivity contribution in [3.63, 3.8) is 0 Å². The first kappa shape index (κ1) is 20.6. The Hall–Kier alpha value is -3.62.